The zero-order chi connectivity index (χ0) is 15.7. The Morgan fingerprint density at radius 1 is 1.32 bits per heavy atom. The van der Waals surface area contributed by atoms with Crippen molar-refractivity contribution in [1.29, 1.82) is 0 Å². The number of benzene rings is 1. The van der Waals surface area contributed by atoms with Gasteiger partial charge >= 0.3 is 0 Å². The van der Waals surface area contributed by atoms with Crippen LogP contribution in [0.2, 0.25) is 0 Å². The summed E-state index contributed by atoms with van der Waals surface area (Å²) in [4.78, 5) is 4.37. The molecule has 0 saturated carbocycles. The molecule has 1 atom stereocenters. The molecule has 6 N–H and O–H groups in total. The number of nitrogens with one attached hydrogen (secondary N) is 1. The van der Waals surface area contributed by atoms with E-state index in [9.17, 15) is 5.11 Å². The van der Waals surface area contributed by atoms with E-state index in [1.165, 1.54) is 0 Å². The van der Waals surface area contributed by atoms with Crippen molar-refractivity contribution in [3.05, 3.63) is 35.4 Å². The van der Waals surface area contributed by atoms with Gasteiger partial charge in [0.2, 0.25) is 0 Å². The van der Waals surface area contributed by atoms with Crippen molar-refractivity contribution in [3.63, 3.8) is 0 Å². The fraction of sp³-hybridized carbons (Fsp3) is 0.353. The Kier molecular flexibility index (Phi) is 3.90. The predicted molar refractivity (Wildman–Crippen MR) is 89.7 cm³/mol. The van der Waals surface area contributed by atoms with Crippen molar-refractivity contribution in [2.75, 3.05) is 24.6 Å². The first-order chi connectivity index (χ1) is 10.6. The fourth-order valence-corrected chi connectivity index (χ4v) is 3.05. The minimum atomic E-state index is 0.242. The number of para-hydroxylation sites is 1. The number of aromatic nitrogens is 1. The van der Waals surface area contributed by atoms with Crippen LogP contribution in [-0.2, 0) is 0 Å². The molecule has 1 fully saturated rings. The van der Waals surface area contributed by atoms with E-state index in [1.807, 2.05) is 31.2 Å². The maximum Gasteiger partial charge on any atom is 0.147 e. The molecule has 3 rings (SSSR count). The molecule has 116 valence electrons. The molecule has 0 aliphatic carbocycles. The lowest BCUT2D eigenvalue weighted by atomic mass is 9.89. The molecule has 1 unspecified atom stereocenters. The van der Waals surface area contributed by atoms with Gasteiger partial charge in [0, 0.05) is 12.1 Å². The number of nitrogens with two attached hydrogens (primary N) is 2. The van der Waals surface area contributed by atoms with E-state index in [2.05, 4.69) is 10.3 Å². The fourth-order valence-electron chi connectivity index (χ4n) is 3.05. The van der Waals surface area contributed by atoms with Crippen LogP contribution >= 0.6 is 0 Å². The standard InChI is InChI=1S/C17H22N4O/c1-10-4-2-6-12(16(10)22)14-8-13(15(18)17(19)21-14)11-5-3-7-20-9-11/h2,4,6,8,11,20,22H,3,5,7,9,18H2,1H3,(H2,19,21). The van der Waals surface area contributed by atoms with Gasteiger partial charge in [-0.3, -0.25) is 0 Å². The van der Waals surface area contributed by atoms with Crippen molar-refractivity contribution in [2.45, 2.75) is 25.7 Å². The zero-order valence-corrected chi connectivity index (χ0v) is 12.8. The van der Waals surface area contributed by atoms with Crippen LogP contribution in [0.5, 0.6) is 5.75 Å². The van der Waals surface area contributed by atoms with Crippen molar-refractivity contribution in [1.82, 2.24) is 10.3 Å². The maximum atomic E-state index is 10.3. The van der Waals surface area contributed by atoms with Gasteiger partial charge in [0.05, 0.1) is 11.4 Å². The molecule has 1 aromatic carbocycles. The lowest BCUT2D eigenvalue weighted by Gasteiger charge is -2.25. The van der Waals surface area contributed by atoms with Gasteiger partial charge in [0.25, 0.3) is 0 Å². The Balaban J connectivity index is 2.09. The lowest BCUT2D eigenvalue weighted by Crippen LogP contribution is -2.29. The summed E-state index contributed by atoms with van der Waals surface area (Å²) in [5.74, 6) is 0.913. The number of pyridine rings is 1. The Morgan fingerprint density at radius 3 is 2.86 bits per heavy atom. The molecule has 0 spiro atoms. The molecular formula is C17H22N4O. The first-order valence-corrected chi connectivity index (χ1v) is 7.63. The largest absolute Gasteiger partial charge is 0.507 e. The van der Waals surface area contributed by atoms with Crippen LogP contribution in [-0.4, -0.2) is 23.2 Å². The number of piperidine rings is 1. The summed E-state index contributed by atoms with van der Waals surface area (Å²) in [6, 6.07) is 7.59. The van der Waals surface area contributed by atoms with Crippen LogP contribution in [0.25, 0.3) is 11.3 Å². The summed E-state index contributed by atoms with van der Waals surface area (Å²) in [5.41, 5.74) is 15.9. The van der Waals surface area contributed by atoms with E-state index >= 15 is 0 Å². The van der Waals surface area contributed by atoms with Gasteiger partial charge in [0.1, 0.15) is 11.6 Å². The second-order valence-corrected chi connectivity index (χ2v) is 5.91. The van der Waals surface area contributed by atoms with E-state index in [4.69, 9.17) is 11.5 Å². The molecule has 1 aliphatic rings. The summed E-state index contributed by atoms with van der Waals surface area (Å²) in [6.45, 7) is 3.81. The molecule has 1 aromatic heterocycles. The van der Waals surface area contributed by atoms with E-state index in [0.717, 1.165) is 37.1 Å². The number of nitrogens with zero attached hydrogens (tertiary/aromatic N) is 1. The third kappa shape index (κ3) is 2.60. The summed E-state index contributed by atoms with van der Waals surface area (Å²) < 4.78 is 0. The molecule has 0 bridgehead atoms. The number of hydrogen-bond acceptors (Lipinski definition) is 5. The van der Waals surface area contributed by atoms with Crippen LogP contribution in [0.15, 0.2) is 24.3 Å². The highest BCUT2D eigenvalue weighted by Gasteiger charge is 2.21. The highest BCUT2D eigenvalue weighted by Crippen LogP contribution is 2.37. The number of phenols is 1. The highest BCUT2D eigenvalue weighted by atomic mass is 16.3. The van der Waals surface area contributed by atoms with Gasteiger partial charge in [-0.1, -0.05) is 12.1 Å². The number of phenolic OH excluding ortho intramolecular Hbond substituents is 1. The Bertz CT molecular complexity index is 693. The average molecular weight is 298 g/mol. The van der Waals surface area contributed by atoms with Gasteiger partial charge < -0.3 is 21.9 Å². The second-order valence-electron chi connectivity index (χ2n) is 5.91. The van der Waals surface area contributed by atoms with Crippen LogP contribution in [0.1, 0.15) is 29.9 Å². The van der Waals surface area contributed by atoms with Crippen LogP contribution in [0.3, 0.4) is 0 Å². The summed E-state index contributed by atoms with van der Waals surface area (Å²) in [6.07, 6.45) is 2.21. The molecular weight excluding hydrogens is 276 g/mol. The number of rotatable bonds is 2. The van der Waals surface area contributed by atoms with Gasteiger partial charge in [-0.15, -0.1) is 0 Å². The second kappa shape index (κ2) is 5.85. The van der Waals surface area contributed by atoms with E-state index in [-0.39, 0.29) is 5.75 Å². The van der Waals surface area contributed by atoms with Crippen LogP contribution in [0.4, 0.5) is 11.5 Å². The zero-order valence-electron chi connectivity index (χ0n) is 12.8. The number of aryl methyl sites for hydroxylation is 1. The molecule has 2 aromatic rings. The molecule has 1 saturated heterocycles. The van der Waals surface area contributed by atoms with Gasteiger partial charge in [-0.05, 0) is 55.5 Å². The monoisotopic (exact) mass is 298 g/mol. The van der Waals surface area contributed by atoms with Crippen LogP contribution < -0.4 is 16.8 Å². The maximum absolute atomic E-state index is 10.3. The minimum absolute atomic E-state index is 0.242. The normalized spacial score (nSPS) is 18.3. The minimum Gasteiger partial charge on any atom is -0.507 e. The van der Waals surface area contributed by atoms with Crippen molar-refractivity contribution < 1.29 is 5.11 Å². The smallest absolute Gasteiger partial charge is 0.147 e. The van der Waals surface area contributed by atoms with Crippen molar-refractivity contribution >= 4 is 11.5 Å². The van der Waals surface area contributed by atoms with Gasteiger partial charge in [0.15, 0.2) is 0 Å². The average Bonchev–Trinajstić information content (AvgIpc) is 2.53. The molecule has 22 heavy (non-hydrogen) atoms. The van der Waals surface area contributed by atoms with Crippen LogP contribution in [0, 0.1) is 6.92 Å². The molecule has 1 aliphatic heterocycles. The molecule has 2 heterocycles. The third-order valence-electron chi connectivity index (χ3n) is 4.37. The van der Waals surface area contributed by atoms with E-state index < -0.39 is 0 Å². The SMILES string of the molecule is Cc1cccc(-c2cc(C3CCCNC3)c(N)c(N)n2)c1O. The van der Waals surface area contributed by atoms with Crippen molar-refractivity contribution in [3.8, 4) is 17.0 Å². The number of anilines is 2. The molecule has 0 radical (unpaired) electrons. The Labute approximate surface area is 130 Å². The molecule has 0 amide bonds. The number of aromatic hydroxyl groups is 1. The van der Waals surface area contributed by atoms with E-state index in [0.29, 0.717) is 28.7 Å². The summed E-state index contributed by atoms with van der Waals surface area (Å²) in [7, 11) is 0. The van der Waals surface area contributed by atoms with Crippen molar-refractivity contribution in [2.24, 2.45) is 0 Å². The number of hydrogen-bond donors (Lipinski definition) is 4. The molecule has 5 heteroatoms. The Morgan fingerprint density at radius 2 is 2.14 bits per heavy atom. The molecule has 5 nitrogen and oxygen atoms in total. The van der Waals surface area contributed by atoms with E-state index in [1.54, 1.807) is 0 Å². The van der Waals surface area contributed by atoms with Gasteiger partial charge in [-0.2, -0.15) is 0 Å². The number of nitrogen functional groups attached to an aromatic ring is 2. The first-order valence-electron chi connectivity index (χ1n) is 7.63. The quantitative estimate of drug-likeness (QED) is 0.682. The summed E-state index contributed by atoms with van der Waals surface area (Å²) >= 11 is 0. The first kappa shape index (κ1) is 14.7. The lowest BCUT2D eigenvalue weighted by molar-refractivity contribution is 0.462. The topological polar surface area (TPSA) is 97.2 Å². The van der Waals surface area contributed by atoms with Gasteiger partial charge in [-0.25, -0.2) is 4.98 Å². The third-order valence-corrected chi connectivity index (χ3v) is 4.37. The predicted octanol–water partition coefficient (Wildman–Crippen LogP) is 2.39. The Hall–Kier alpha value is -2.27. The highest BCUT2D eigenvalue weighted by molar-refractivity contribution is 5.75. The summed E-state index contributed by atoms with van der Waals surface area (Å²) in [5, 5.41) is 13.7.